The third kappa shape index (κ3) is 4.74. The van der Waals surface area contributed by atoms with Crippen LogP contribution in [0.2, 0.25) is 0 Å². The van der Waals surface area contributed by atoms with Gasteiger partial charge in [0.2, 0.25) is 0 Å². The zero-order valence-electron chi connectivity index (χ0n) is 11.9. The predicted octanol–water partition coefficient (Wildman–Crippen LogP) is 1.61. The minimum absolute atomic E-state index is 0.472. The fraction of sp³-hybridized carbons (Fsp3) is 0.533. The monoisotopic (exact) mass is 294 g/mol. The van der Waals surface area contributed by atoms with Crippen molar-refractivity contribution in [2.45, 2.75) is 19.4 Å². The lowest BCUT2D eigenvalue weighted by molar-refractivity contribution is -0.00514. The topological polar surface area (TPSA) is 47.7 Å². The molecule has 0 bridgehead atoms. The standard InChI is InChI=1S/C15H22N2O2S/c1-12-11-18-8-6-17(12)7-9-19-14-4-2-13(3-5-14)10-15(16)20/h2-5,12H,6-11H2,1H3,(H2,16,20). The molecule has 2 N–H and O–H groups in total. The van der Waals surface area contributed by atoms with Gasteiger partial charge in [0.15, 0.2) is 0 Å². The number of nitrogens with zero attached hydrogens (tertiary/aromatic N) is 1. The Hall–Kier alpha value is -1.17. The Morgan fingerprint density at radius 2 is 2.20 bits per heavy atom. The smallest absolute Gasteiger partial charge is 0.119 e. The number of hydrogen-bond donors (Lipinski definition) is 1. The van der Waals surface area contributed by atoms with Crippen LogP contribution in [0.5, 0.6) is 5.75 Å². The van der Waals surface area contributed by atoms with Crippen LogP contribution in [0.3, 0.4) is 0 Å². The van der Waals surface area contributed by atoms with Crippen molar-refractivity contribution in [2.75, 3.05) is 32.9 Å². The van der Waals surface area contributed by atoms with E-state index in [0.29, 0.717) is 24.1 Å². The lowest BCUT2D eigenvalue weighted by Crippen LogP contribution is -2.45. The molecule has 1 aromatic carbocycles. The average Bonchev–Trinajstić information content (AvgIpc) is 2.42. The summed E-state index contributed by atoms with van der Waals surface area (Å²) < 4.78 is 11.2. The molecule has 1 aromatic rings. The van der Waals surface area contributed by atoms with E-state index in [0.717, 1.165) is 37.6 Å². The molecule has 0 aliphatic carbocycles. The SMILES string of the molecule is CC1COCCN1CCOc1ccc(CC(N)=S)cc1. The first-order valence-corrected chi connectivity index (χ1v) is 7.38. The molecule has 1 aliphatic rings. The second-order valence-electron chi connectivity index (χ2n) is 5.10. The van der Waals surface area contributed by atoms with Crippen LogP contribution in [0.25, 0.3) is 0 Å². The highest BCUT2D eigenvalue weighted by Gasteiger charge is 2.17. The van der Waals surface area contributed by atoms with Crippen LogP contribution in [0.1, 0.15) is 12.5 Å². The van der Waals surface area contributed by atoms with Crippen LogP contribution in [0, 0.1) is 0 Å². The Balaban J connectivity index is 1.74. The van der Waals surface area contributed by atoms with Crippen molar-refractivity contribution in [3.8, 4) is 5.75 Å². The van der Waals surface area contributed by atoms with E-state index in [-0.39, 0.29) is 0 Å². The Bertz CT molecular complexity index is 436. The van der Waals surface area contributed by atoms with E-state index in [9.17, 15) is 0 Å². The van der Waals surface area contributed by atoms with Crippen molar-refractivity contribution < 1.29 is 9.47 Å². The molecule has 0 radical (unpaired) electrons. The Labute approximate surface area is 125 Å². The van der Waals surface area contributed by atoms with Gasteiger partial charge in [-0.1, -0.05) is 24.4 Å². The number of ether oxygens (including phenoxy) is 2. The normalized spacial score (nSPS) is 19.8. The minimum Gasteiger partial charge on any atom is -0.492 e. The van der Waals surface area contributed by atoms with Crippen molar-refractivity contribution in [1.82, 2.24) is 4.90 Å². The maximum absolute atomic E-state index is 5.77. The number of rotatable bonds is 6. The predicted molar refractivity (Wildman–Crippen MR) is 84.3 cm³/mol. The van der Waals surface area contributed by atoms with Gasteiger partial charge in [0.25, 0.3) is 0 Å². The van der Waals surface area contributed by atoms with Crippen LogP contribution in [-0.4, -0.2) is 48.8 Å². The number of thiocarbonyl (C=S) groups is 1. The zero-order chi connectivity index (χ0) is 14.4. The van der Waals surface area contributed by atoms with E-state index in [2.05, 4.69) is 11.8 Å². The Kier molecular flexibility index (Phi) is 5.76. The summed E-state index contributed by atoms with van der Waals surface area (Å²) >= 11 is 4.89. The molecule has 4 nitrogen and oxygen atoms in total. The summed E-state index contributed by atoms with van der Waals surface area (Å²) in [6.45, 7) is 6.42. The molecule has 0 amide bonds. The number of benzene rings is 1. The highest BCUT2D eigenvalue weighted by atomic mass is 32.1. The molecule has 5 heteroatoms. The van der Waals surface area contributed by atoms with Gasteiger partial charge in [0, 0.05) is 25.6 Å². The highest BCUT2D eigenvalue weighted by molar-refractivity contribution is 7.80. The summed E-state index contributed by atoms with van der Waals surface area (Å²) in [7, 11) is 0. The molecule has 1 saturated heterocycles. The quantitative estimate of drug-likeness (QED) is 0.808. The highest BCUT2D eigenvalue weighted by Crippen LogP contribution is 2.13. The molecule has 0 saturated carbocycles. The van der Waals surface area contributed by atoms with Gasteiger partial charge < -0.3 is 15.2 Å². The number of hydrogen-bond acceptors (Lipinski definition) is 4. The fourth-order valence-corrected chi connectivity index (χ4v) is 2.45. The fourth-order valence-electron chi connectivity index (χ4n) is 2.28. The molecule has 1 atom stereocenters. The number of morpholine rings is 1. The molecule has 110 valence electrons. The lowest BCUT2D eigenvalue weighted by Gasteiger charge is -2.32. The summed E-state index contributed by atoms with van der Waals surface area (Å²) in [5.74, 6) is 0.887. The second kappa shape index (κ2) is 7.57. The maximum atomic E-state index is 5.77. The van der Waals surface area contributed by atoms with E-state index in [4.69, 9.17) is 27.4 Å². The van der Waals surface area contributed by atoms with Gasteiger partial charge in [-0.05, 0) is 24.6 Å². The average molecular weight is 294 g/mol. The van der Waals surface area contributed by atoms with Crippen LogP contribution in [0.4, 0.5) is 0 Å². The van der Waals surface area contributed by atoms with Gasteiger partial charge in [-0.2, -0.15) is 0 Å². The summed E-state index contributed by atoms with van der Waals surface area (Å²) in [6, 6.07) is 8.42. The maximum Gasteiger partial charge on any atom is 0.119 e. The van der Waals surface area contributed by atoms with E-state index >= 15 is 0 Å². The number of nitrogens with two attached hydrogens (primary N) is 1. The minimum atomic E-state index is 0.472. The van der Waals surface area contributed by atoms with Gasteiger partial charge in [-0.3, -0.25) is 4.90 Å². The van der Waals surface area contributed by atoms with E-state index in [1.165, 1.54) is 0 Å². The summed E-state index contributed by atoms with van der Waals surface area (Å²) in [5, 5.41) is 0. The van der Waals surface area contributed by atoms with E-state index in [1.54, 1.807) is 0 Å². The van der Waals surface area contributed by atoms with Crippen molar-refractivity contribution in [3.63, 3.8) is 0 Å². The second-order valence-corrected chi connectivity index (χ2v) is 5.62. The zero-order valence-corrected chi connectivity index (χ0v) is 12.7. The molecular formula is C15H22N2O2S. The molecule has 0 spiro atoms. The molecule has 1 heterocycles. The first-order valence-electron chi connectivity index (χ1n) is 6.97. The largest absolute Gasteiger partial charge is 0.492 e. The molecule has 0 aromatic heterocycles. The van der Waals surface area contributed by atoms with Gasteiger partial charge in [0.1, 0.15) is 12.4 Å². The Morgan fingerprint density at radius 1 is 1.45 bits per heavy atom. The lowest BCUT2D eigenvalue weighted by atomic mass is 10.1. The summed E-state index contributed by atoms with van der Waals surface area (Å²) in [5.41, 5.74) is 6.64. The Morgan fingerprint density at radius 3 is 2.85 bits per heavy atom. The third-order valence-electron chi connectivity index (χ3n) is 3.45. The van der Waals surface area contributed by atoms with Gasteiger partial charge in [-0.15, -0.1) is 0 Å². The first-order chi connectivity index (χ1) is 9.65. The van der Waals surface area contributed by atoms with Gasteiger partial charge >= 0.3 is 0 Å². The van der Waals surface area contributed by atoms with Crippen molar-refractivity contribution in [1.29, 1.82) is 0 Å². The molecule has 1 unspecified atom stereocenters. The third-order valence-corrected chi connectivity index (χ3v) is 3.60. The molecule has 1 aliphatic heterocycles. The molecule has 20 heavy (non-hydrogen) atoms. The summed E-state index contributed by atoms with van der Waals surface area (Å²) in [4.78, 5) is 2.91. The van der Waals surface area contributed by atoms with E-state index in [1.807, 2.05) is 24.3 Å². The summed E-state index contributed by atoms with van der Waals surface area (Å²) in [6.07, 6.45) is 0.640. The van der Waals surface area contributed by atoms with Gasteiger partial charge in [-0.25, -0.2) is 0 Å². The van der Waals surface area contributed by atoms with Crippen LogP contribution in [0.15, 0.2) is 24.3 Å². The van der Waals surface area contributed by atoms with Gasteiger partial charge in [0.05, 0.1) is 18.2 Å². The van der Waals surface area contributed by atoms with Crippen LogP contribution in [-0.2, 0) is 11.2 Å². The molecular weight excluding hydrogens is 272 g/mol. The van der Waals surface area contributed by atoms with Crippen LogP contribution >= 0.6 is 12.2 Å². The van der Waals surface area contributed by atoms with E-state index < -0.39 is 0 Å². The van der Waals surface area contributed by atoms with Crippen molar-refractivity contribution >= 4 is 17.2 Å². The van der Waals surface area contributed by atoms with Crippen LogP contribution < -0.4 is 10.5 Å². The molecule has 2 rings (SSSR count). The van der Waals surface area contributed by atoms with Crippen molar-refractivity contribution in [2.24, 2.45) is 5.73 Å². The van der Waals surface area contributed by atoms with Crippen molar-refractivity contribution in [3.05, 3.63) is 29.8 Å². The first kappa shape index (κ1) is 15.2. The molecule has 1 fully saturated rings.